The monoisotopic (exact) mass is 732 g/mol. The summed E-state index contributed by atoms with van der Waals surface area (Å²) in [6.07, 6.45) is 4.06. The average molecular weight is 733 g/mol. The minimum atomic E-state index is -0.659. The molecule has 0 bridgehead atoms. The van der Waals surface area contributed by atoms with Gasteiger partial charge in [0.05, 0.1) is 29.2 Å². The van der Waals surface area contributed by atoms with E-state index in [1.807, 2.05) is 60.7 Å². The van der Waals surface area contributed by atoms with Crippen LogP contribution in [-0.2, 0) is 11.2 Å². The van der Waals surface area contributed by atoms with Crippen molar-refractivity contribution in [1.82, 2.24) is 9.97 Å². The molecule has 5 aromatic rings. The van der Waals surface area contributed by atoms with Crippen molar-refractivity contribution in [3.8, 4) is 32.4 Å². The van der Waals surface area contributed by atoms with Crippen LogP contribution in [0.4, 0.5) is 0 Å². The Morgan fingerprint density at radius 1 is 0.542 bits per heavy atom. The molecule has 2 aliphatic carbocycles. The minimum Gasteiger partial charge on any atom is -0.481 e. The number of hydrogen-bond donors (Lipinski definition) is 0. The summed E-state index contributed by atoms with van der Waals surface area (Å²) in [6, 6.07) is 20.3. The van der Waals surface area contributed by atoms with E-state index in [0.29, 0.717) is 0 Å². The summed E-state index contributed by atoms with van der Waals surface area (Å²) >= 11 is 26.6. The second kappa shape index (κ2) is 10.4. The summed E-state index contributed by atoms with van der Waals surface area (Å²) in [4.78, 5) is 15.3. The molecule has 0 radical (unpaired) electrons. The van der Waals surface area contributed by atoms with E-state index in [4.69, 9.17) is 68.3 Å². The van der Waals surface area contributed by atoms with E-state index < -0.39 is 11.2 Å². The number of rotatable bonds is 2. The molecule has 234 valence electrons. The smallest absolute Gasteiger partial charge is 0.147 e. The number of aromatic nitrogens is 2. The normalized spacial score (nSPS) is 17.5. The maximum absolute atomic E-state index is 6.69. The molecule has 4 heterocycles. The van der Waals surface area contributed by atoms with Crippen molar-refractivity contribution in [3.63, 3.8) is 0 Å². The number of thiazole rings is 2. The first-order valence-corrected chi connectivity index (χ1v) is 18.6. The molecule has 0 saturated heterocycles. The van der Waals surface area contributed by atoms with Crippen molar-refractivity contribution in [3.05, 3.63) is 115 Å². The molecule has 4 nitrogen and oxygen atoms in total. The minimum absolute atomic E-state index is 0.659. The molecule has 0 fully saturated rings. The molecule has 10 heteroatoms. The highest BCUT2D eigenvalue weighted by molar-refractivity contribution is 7.84. The van der Waals surface area contributed by atoms with Crippen molar-refractivity contribution in [1.29, 1.82) is 0 Å². The Morgan fingerprint density at radius 2 is 0.875 bits per heavy atom. The number of nitrogens with zero attached hydrogens (tertiary/aromatic N) is 2. The second-order valence-corrected chi connectivity index (χ2v) is 16.7. The van der Waals surface area contributed by atoms with Crippen LogP contribution in [0.15, 0.2) is 71.8 Å². The van der Waals surface area contributed by atoms with Crippen LogP contribution < -0.4 is 9.47 Å². The highest BCUT2D eigenvalue weighted by atomic mass is 32.1. The Balaban J connectivity index is 1.13. The number of hydrogen-bond acceptors (Lipinski definition) is 10. The van der Waals surface area contributed by atoms with E-state index in [9.17, 15) is 0 Å². The standard InChI is InChI=1S/C38H24N2O2S6/c1-37(2)35-33(47-27(39-35)15-23-29(43)17-9-5-6-10-18(17)30(23)44)21-14-26-22(13-25(21)41-37)34-36(38(3,4)42-26)40-28(48-34)16-24-31(45)19-11-7-8-12-20(19)32(24)46/h5-16H,1-4H3. The second-order valence-electron chi connectivity index (χ2n) is 13.1. The van der Waals surface area contributed by atoms with E-state index in [1.54, 1.807) is 22.7 Å². The van der Waals surface area contributed by atoms with Gasteiger partial charge in [0.25, 0.3) is 0 Å². The lowest BCUT2D eigenvalue weighted by molar-refractivity contribution is 0.0955. The van der Waals surface area contributed by atoms with Crippen LogP contribution in [0.2, 0.25) is 0 Å². The number of thiocarbonyl (C=S) groups is 4. The molecule has 48 heavy (non-hydrogen) atoms. The van der Waals surface area contributed by atoms with Crippen molar-refractivity contribution >= 4 is 103 Å². The number of fused-ring (bicyclic) bond motifs is 8. The molecule has 3 aromatic carbocycles. The molecular weight excluding hydrogens is 709 g/mol. The lowest BCUT2D eigenvalue weighted by Crippen LogP contribution is -2.31. The van der Waals surface area contributed by atoms with E-state index in [-0.39, 0.29) is 0 Å². The first-order chi connectivity index (χ1) is 22.9. The highest BCUT2D eigenvalue weighted by Gasteiger charge is 2.41. The predicted molar refractivity (Wildman–Crippen MR) is 212 cm³/mol. The summed E-state index contributed by atoms with van der Waals surface area (Å²) in [5.41, 5.74) is 8.11. The predicted octanol–water partition coefficient (Wildman–Crippen LogP) is 10.3. The quantitative estimate of drug-likeness (QED) is 0.131. The summed E-state index contributed by atoms with van der Waals surface area (Å²) in [6.45, 7) is 8.22. The molecule has 2 aliphatic heterocycles. The fourth-order valence-electron chi connectivity index (χ4n) is 6.76. The van der Waals surface area contributed by atoms with Gasteiger partial charge in [-0.15, -0.1) is 22.7 Å². The average Bonchev–Trinajstić information content (AvgIpc) is 3.80. The van der Waals surface area contributed by atoms with Gasteiger partial charge in [-0.2, -0.15) is 0 Å². The molecule has 4 aliphatic rings. The fraction of sp³-hybridized carbons (Fsp3) is 0.158. The van der Waals surface area contributed by atoms with Crippen LogP contribution in [0.5, 0.6) is 11.5 Å². The lowest BCUT2D eigenvalue weighted by atomic mass is 9.92. The molecule has 0 saturated carbocycles. The molecule has 0 unspecified atom stereocenters. The Bertz CT molecular complexity index is 2200. The SMILES string of the molecule is CC1(C)Oc2cc3c(cc2-c2sc(C=C4C(=S)c5ccccc5C4=S)nc21)OC(C)(C)c1nc(C=C2C(=S)c4ccccc4C2=S)sc1-3. The third-order valence-corrected chi connectivity index (χ3v) is 12.9. The van der Waals surface area contributed by atoms with Gasteiger partial charge in [-0.1, -0.05) is 97.4 Å². The number of allylic oxidation sites excluding steroid dienone is 2. The van der Waals surface area contributed by atoms with Gasteiger partial charge in [0, 0.05) is 44.5 Å². The fourth-order valence-corrected chi connectivity index (χ4v) is 10.6. The largest absolute Gasteiger partial charge is 0.481 e. The third-order valence-electron chi connectivity index (χ3n) is 9.08. The molecular formula is C38H24N2O2S6. The zero-order valence-corrected chi connectivity index (χ0v) is 31.0. The summed E-state index contributed by atoms with van der Waals surface area (Å²) in [5.74, 6) is 1.56. The van der Waals surface area contributed by atoms with Crippen molar-refractivity contribution in [2.75, 3.05) is 0 Å². The molecule has 0 spiro atoms. The summed E-state index contributed by atoms with van der Waals surface area (Å²) in [5, 5.41) is 1.67. The Labute approximate surface area is 307 Å². The van der Waals surface area contributed by atoms with Gasteiger partial charge < -0.3 is 9.47 Å². The first kappa shape index (κ1) is 30.4. The van der Waals surface area contributed by atoms with Gasteiger partial charge in [-0.05, 0) is 52.0 Å². The summed E-state index contributed by atoms with van der Waals surface area (Å²) in [7, 11) is 0. The van der Waals surface area contributed by atoms with Gasteiger partial charge in [0.1, 0.15) is 44.1 Å². The molecule has 0 atom stereocenters. The molecule has 9 rings (SSSR count). The van der Waals surface area contributed by atoms with E-state index in [1.165, 1.54) is 0 Å². The number of ether oxygens (including phenoxy) is 2. The number of benzene rings is 3. The van der Waals surface area contributed by atoms with Crippen LogP contribution in [0, 0.1) is 0 Å². The van der Waals surface area contributed by atoms with Gasteiger partial charge >= 0.3 is 0 Å². The van der Waals surface area contributed by atoms with E-state index >= 15 is 0 Å². The van der Waals surface area contributed by atoms with E-state index in [2.05, 4.69) is 39.8 Å². The van der Waals surface area contributed by atoms with Crippen molar-refractivity contribution in [2.24, 2.45) is 0 Å². The van der Waals surface area contributed by atoms with Gasteiger partial charge in [0.15, 0.2) is 0 Å². The molecule has 0 amide bonds. The van der Waals surface area contributed by atoms with Crippen LogP contribution in [-0.4, -0.2) is 29.4 Å². The first-order valence-electron chi connectivity index (χ1n) is 15.3. The zero-order valence-electron chi connectivity index (χ0n) is 26.1. The maximum Gasteiger partial charge on any atom is 0.147 e. The Kier molecular flexibility index (Phi) is 6.61. The lowest BCUT2D eigenvalue weighted by Gasteiger charge is -2.35. The third kappa shape index (κ3) is 4.40. The van der Waals surface area contributed by atoms with Crippen LogP contribution >= 0.6 is 71.5 Å². The highest BCUT2D eigenvalue weighted by Crippen LogP contribution is 2.55. The zero-order chi connectivity index (χ0) is 33.3. The topological polar surface area (TPSA) is 44.2 Å². The Morgan fingerprint density at radius 3 is 1.21 bits per heavy atom. The molecule has 2 aromatic heterocycles. The summed E-state index contributed by atoms with van der Waals surface area (Å²) < 4.78 is 13.4. The van der Waals surface area contributed by atoms with Crippen molar-refractivity contribution < 1.29 is 9.47 Å². The Hall–Kier alpha value is -3.64. The molecule has 0 N–H and O–H groups in total. The van der Waals surface area contributed by atoms with Gasteiger partial charge in [-0.25, -0.2) is 9.97 Å². The van der Waals surface area contributed by atoms with Crippen LogP contribution in [0.1, 0.15) is 71.4 Å². The van der Waals surface area contributed by atoms with Gasteiger partial charge in [-0.3, -0.25) is 0 Å². The van der Waals surface area contributed by atoms with Gasteiger partial charge in [0.2, 0.25) is 0 Å². The van der Waals surface area contributed by atoms with E-state index in [0.717, 1.165) is 107 Å². The van der Waals surface area contributed by atoms with Crippen molar-refractivity contribution in [2.45, 2.75) is 38.9 Å². The van der Waals surface area contributed by atoms with Crippen LogP contribution in [0.3, 0.4) is 0 Å². The maximum atomic E-state index is 6.69. The van der Waals surface area contributed by atoms with Crippen LogP contribution in [0.25, 0.3) is 33.0 Å².